The van der Waals surface area contributed by atoms with Crippen LogP contribution in [0.15, 0.2) is 0 Å². The number of nitrogens with zero attached hydrogens (tertiary/aromatic N) is 2. The topological polar surface area (TPSA) is 38.0 Å². The van der Waals surface area contributed by atoms with Crippen LogP contribution in [-0.2, 0) is 7.05 Å². The molecule has 0 atom stereocenters. The lowest BCUT2D eigenvalue weighted by atomic mass is 10.1. The Kier molecular flexibility index (Phi) is 2.68. The molecular formula is C11H16N2O. The van der Waals surface area contributed by atoms with Crippen LogP contribution in [0.2, 0.25) is 0 Å². The second-order valence-electron chi connectivity index (χ2n) is 3.98. The van der Waals surface area contributed by atoms with Crippen molar-refractivity contribution in [3.8, 4) is 11.8 Å². The monoisotopic (exact) mass is 192 g/mol. The Balaban J connectivity index is 3.13. The van der Waals surface area contributed by atoms with E-state index in [0.717, 1.165) is 17.0 Å². The Morgan fingerprint density at radius 1 is 1.36 bits per heavy atom. The molecule has 1 N–H and O–H groups in total. The van der Waals surface area contributed by atoms with E-state index in [9.17, 15) is 5.11 Å². The van der Waals surface area contributed by atoms with Crippen LogP contribution >= 0.6 is 0 Å². The number of hydrogen-bond donors (Lipinski definition) is 1. The minimum absolute atomic E-state index is 0.904. The molecule has 0 saturated carbocycles. The standard InChI is InChI=1S/C11H16N2O/c1-8-10(6-7-11(3,4)14)9(2)13(5)12-8/h14H,1-5H3. The molecule has 0 radical (unpaired) electrons. The summed E-state index contributed by atoms with van der Waals surface area (Å²) in [6.07, 6.45) is 0. The molecule has 0 aromatic carbocycles. The largest absolute Gasteiger partial charge is 0.378 e. The zero-order chi connectivity index (χ0) is 10.9. The molecule has 0 fully saturated rings. The molecule has 0 bridgehead atoms. The molecule has 0 aliphatic carbocycles. The Hall–Kier alpha value is -1.27. The van der Waals surface area contributed by atoms with Crippen molar-refractivity contribution in [3.05, 3.63) is 17.0 Å². The highest BCUT2D eigenvalue weighted by atomic mass is 16.3. The van der Waals surface area contributed by atoms with Crippen molar-refractivity contribution in [3.63, 3.8) is 0 Å². The second-order valence-corrected chi connectivity index (χ2v) is 3.98. The normalized spacial score (nSPS) is 11.0. The minimum atomic E-state index is -0.950. The molecule has 3 nitrogen and oxygen atoms in total. The molecule has 0 unspecified atom stereocenters. The Morgan fingerprint density at radius 3 is 2.29 bits per heavy atom. The fourth-order valence-corrected chi connectivity index (χ4v) is 1.17. The number of aryl methyl sites for hydroxylation is 2. The number of aromatic nitrogens is 2. The van der Waals surface area contributed by atoms with Crippen LogP contribution in [0.4, 0.5) is 0 Å². The van der Waals surface area contributed by atoms with Crippen molar-refractivity contribution < 1.29 is 5.11 Å². The SMILES string of the molecule is Cc1nn(C)c(C)c1C#CC(C)(C)O. The van der Waals surface area contributed by atoms with E-state index in [1.807, 2.05) is 20.9 Å². The number of aliphatic hydroxyl groups is 1. The molecule has 1 rings (SSSR count). The third-order valence-electron chi connectivity index (χ3n) is 2.00. The van der Waals surface area contributed by atoms with Gasteiger partial charge in [0.25, 0.3) is 0 Å². The quantitative estimate of drug-likeness (QED) is 0.626. The van der Waals surface area contributed by atoms with Crippen LogP contribution in [0.5, 0.6) is 0 Å². The Labute approximate surface area is 84.8 Å². The average molecular weight is 192 g/mol. The van der Waals surface area contributed by atoms with Crippen LogP contribution in [0.1, 0.15) is 30.8 Å². The average Bonchev–Trinajstić information content (AvgIpc) is 2.23. The van der Waals surface area contributed by atoms with Gasteiger partial charge in [-0.1, -0.05) is 11.8 Å². The number of rotatable bonds is 0. The molecule has 3 heteroatoms. The van der Waals surface area contributed by atoms with Gasteiger partial charge in [0, 0.05) is 7.05 Å². The van der Waals surface area contributed by atoms with Gasteiger partial charge in [0.05, 0.1) is 17.0 Å². The summed E-state index contributed by atoms with van der Waals surface area (Å²) in [5.74, 6) is 5.74. The predicted octanol–water partition coefficient (Wildman–Crippen LogP) is 1.16. The van der Waals surface area contributed by atoms with Crippen LogP contribution in [-0.4, -0.2) is 20.5 Å². The van der Waals surface area contributed by atoms with Crippen molar-refractivity contribution in [2.75, 3.05) is 0 Å². The molecule has 0 amide bonds. The van der Waals surface area contributed by atoms with Crippen molar-refractivity contribution in [1.29, 1.82) is 0 Å². The van der Waals surface area contributed by atoms with Gasteiger partial charge in [-0.3, -0.25) is 4.68 Å². The van der Waals surface area contributed by atoms with Crippen molar-refractivity contribution in [2.45, 2.75) is 33.3 Å². The zero-order valence-corrected chi connectivity index (χ0v) is 9.34. The molecule has 0 aliphatic rings. The van der Waals surface area contributed by atoms with Crippen molar-refractivity contribution in [1.82, 2.24) is 9.78 Å². The van der Waals surface area contributed by atoms with Gasteiger partial charge in [0.15, 0.2) is 0 Å². The Bertz CT molecular complexity index is 399. The molecule has 76 valence electrons. The summed E-state index contributed by atoms with van der Waals surface area (Å²) in [6.45, 7) is 7.22. The van der Waals surface area contributed by atoms with E-state index in [1.54, 1.807) is 18.5 Å². The third kappa shape index (κ3) is 2.36. The van der Waals surface area contributed by atoms with Gasteiger partial charge in [-0.15, -0.1) is 0 Å². The van der Waals surface area contributed by atoms with Gasteiger partial charge in [0.2, 0.25) is 0 Å². The lowest BCUT2D eigenvalue weighted by Crippen LogP contribution is -2.14. The van der Waals surface area contributed by atoms with Crippen LogP contribution in [0, 0.1) is 25.7 Å². The lowest BCUT2D eigenvalue weighted by Gasteiger charge is -2.05. The fraction of sp³-hybridized carbons (Fsp3) is 0.545. The second kappa shape index (κ2) is 3.47. The third-order valence-corrected chi connectivity index (χ3v) is 2.00. The van der Waals surface area contributed by atoms with Gasteiger partial charge in [-0.25, -0.2) is 0 Å². The van der Waals surface area contributed by atoms with E-state index in [1.165, 1.54) is 0 Å². The van der Waals surface area contributed by atoms with Crippen LogP contribution in [0.25, 0.3) is 0 Å². The zero-order valence-electron chi connectivity index (χ0n) is 9.34. The molecule has 14 heavy (non-hydrogen) atoms. The summed E-state index contributed by atoms with van der Waals surface area (Å²) in [5.41, 5.74) is 1.89. The molecule has 0 aliphatic heterocycles. The van der Waals surface area contributed by atoms with E-state index in [0.29, 0.717) is 0 Å². The number of hydrogen-bond acceptors (Lipinski definition) is 2. The summed E-state index contributed by atoms with van der Waals surface area (Å²) in [5, 5.41) is 13.7. The smallest absolute Gasteiger partial charge is 0.120 e. The van der Waals surface area contributed by atoms with Crippen LogP contribution < -0.4 is 0 Å². The predicted molar refractivity (Wildman–Crippen MR) is 55.9 cm³/mol. The maximum atomic E-state index is 9.47. The first-order chi connectivity index (χ1) is 6.31. The molecular weight excluding hydrogens is 176 g/mol. The van der Waals surface area contributed by atoms with E-state index in [-0.39, 0.29) is 0 Å². The molecule has 1 aromatic heterocycles. The summed E-state index contributed by atoms with van der Waals surface area (Å²) < 4.78 is 1.80. The summed E-state index contributed by atoms with van der Waals surface area (Å²) in [4.78, 5) is 0. The molecule has 0 spiro atoms. The van der Waals surface area contributed by atoms with Gasteiger partial charge in [-0.05, 0) is 27.7 Å². The van der Waals surface area contributed by atoms with Gasteiger partial charge < -0.3 is 5.11 Å². The van der Waals surface area contributed by atoms with Gasteiger partial charge in [-0.2, -0.15) is 5.10 Å². The first kappa shape index (κ1) is 10.8. The van der Waals surface area contributed by atoms with E-state index in [2.05, 4.69) is 16.9 Å². The lowest BCUT2D eigenvalue weighted by molar-refractivity contribution is 0.143. The van der Waals surface area contributed by atoms with E-state index < -0.39 is 5.60 Å². The first-order valence-electron chi connectivity index (χ1n) is 4.57. The highest BCUT2D eigenvalue weighted by Crippen LogP contribution is 2.10. The minimum Gasteiger partial charge on any atom is -0.378 e. The van der Waals surface area contributed by atoms with E-state index in [4.69, 9.17) is 0 Å². The first-order valence-corrected chi connectivity index (χ1v) is 4.57. The van der Waals surface area contributed by atoms with Gasteiger partial charge in [0.1, 0.15) is 5.60 Å². The summed E-state index contributed by atoms with van der Waals surface area (Å²) in [6, 6.07) is 0. The van der Waals surface area contributed by atoms with Crippen molar-refractivity contribution in [2.24, 2.45) is 7.05 Å². The van der Waals surface area contributed by atoms with Gasteiger partial charge >= 0.3 is 0 Å². The molecule has 0 saturated heterocycles. The van der Waals surface area contributed by atoms with Crippen molar-refractivity contribution >= 4 is 0 Å². The molecule has 1 heterocycles. The fourth-order valence-electron chi connectivity index (χ4n) is 1.17. The maximum Gasteiger partial charge on any atom is 0.120 e. The van der Waals surface area contributed by atoms with Crippen LogP contribution in [0.3, 0.4) is 0 Å². The Morgan fingerprint density at radius 2 is 1.93 bits per heavy atom. The highest BCUT2D eigenvalue weighted by Gasteiger charge is 2.09. The maximum absolute atomic E-state index is 9.47. The molecule has 1 aromatic rings. The van der Waals surface area contributed by atoms with E-state index >= 15 is 0 Å². The summed E-state index contributed by atoms with van der Waals surface area (Å²) in [7, 11) is 1.89. The summed E-state index contributed by atoms with van der Waals surface area (Å²) >= 11 is 0. The highest BCUT2D eigenvalue weighted by molar-refractivity contribution is 5.42.